The van der Waals surface area contributed by atoms with Crippen LogP contribution < -0.4 is 4.74 Å². The summed E-state index contributed by atoms with van der Waals surface area (Å²) in [5.41, 5.74) is 2.74. The number of esters is 2. The first kappa shape index (κ1) is 35.1. The van der Waals surface area contributed by atoms with E-state index >= 15 is 0 Å². The van der Waals surface area contributed by atoms with Crippen LogP contribution in [0.25, 0.3) is 0 Å². The van der Waals surface area contributed by atoms with Crippen LogP contribution in [-0.4, -0.2) is 18.5 Å². The van der Waals surface area contributed by atoms with Crippen LogP contribution in [0.4, 0.5) is 8.78 Å². The number of hydrogen-bond acceptors (Lipinski definition) is 6. The van der Waals surface area contributed by atoms with Gasteiger partial charge in [0.15, 0.2) is 0 Å². The number of nitriles is 2. The Morgan fingerprint density at radius 3 is 1.83 bits per heavy atom. The maximum atomic E-state index is 13.9. The quantitative estimate of drug-likeness (QED) is 0.0489. The highest BCUT2D eigenvalue weighted by molar-refractivity contribution is 5.91. The first-order valence-electron chi connectivity index (χ1n) is 15.2. The Bertz CT molecular complexity index is 1630. The molecule has 0 aliphatic heterocycles. The molecule has 3 aromatic carbocycles. The number of carbonyl (C=O) groups is 2. The van der Waals surface area contributed by atoms with Crippen molar-refractivity contribution in [2.75, 3.05) is 6.61 Å². The second-order valence-corrected chi connectivity index (χ2v) is 10.6. The summed E-state index contributed by atoms with van der Waals surface area (Å²) in [5.74, 6) is -2.58. The molecule has 46 heavy (non-hydrogen) atoms. The second-order valence-electron chi connectivity index (χ2n) is 10.6. The molecule has 0 atom stereocenters. The number of carbonyl (C=O) groups excluding carboxylic acids is 2. The number of aryl methyl sites for hydroxylation is 2. The Hall–Kier alpha value is -5.34. The van der Waals surface area contributed by atoms with Crippen LogP contribution in [0.3, 0.4) is 0 Å². The lowest BCUT2D eigenvalue weighted by atomic mass is 10.0. The molecule has 0 radical (unpaired) electrons. The highest BCUT2D eigenvalue weighted by Gasteiger charge is 2.11. The lowest BCUT2D eigenvalue weighted by Crippen LogP contribution is -2.08. The van der Waals surface area contributed by atoms with Crippen LogP contribution in [0.15, 0.2) is 103 Å². The third-order valence-corrected chi connectivity index (χ3v) is 7.22. The zero-order chi connectivity index (χ0) is 33.1. The maximum Gasteiger partial charge on any atom is 0.343 e. The van der Waals surface area contributed by atoms with Gasteiger partial charge in [-0.2, -0.15) is 10.5 Å². The topological polar surface area (TPSA) is 100 Å². The second kappa shape index (κ2) is 19.1. The van der Waals surface area contributed by atoms with Gasteiger partial charge in [0, 0.05) is 6.07 Å². The zero-order valence-corrected chi connectivity index (χ0v) is 25.6. The van der Waals surface area contributed by atoms with Gasteiger partial charge in [0.05, 0.1) is 22.3 Å². The van der Waals surface area contributed by atoms with E-state index in [1.165, 1.54) is 30.7 Å². The molecule has 8 heteroatoms. The molecule has 236 valence electrons. The van der Waals surface area contributed by atoms with Gasteiger partial charge in [-0.1, -0.05) is 69.0 Å². The third-order valence-electron chi connectivity index (χ3n) is 7.22. The van der Waals surface area contributed by atoms with Crippen LogP contribution in [0.5, 0.6) is 5.75 Å². The fourth-order valence-corrected chi connectivity index (χ4v) is 4.65. The molecule has 0 heterocycles. The number of unbranched alkanes of at least 4 members (excludes halogenated alkanes) is 6. The number of benzene rings is 3. The van der Waals surface area contributed by atoms with Gasteiger partial charge in [-0.3, -0.25) is 0 Å². The minimum absolute atomic E-state index is 0.0512. The van der Waals surface area contributed by atoms with Crippen molar-refractivity contribution < 1.29 is 27.8 Å². The van der Waals surface area contributed by atoms with Gasteiger partial charge >= 0.3 is 11.9 Å². The number of nitrogens with zero attached hydrogens (tertiary/aromatic N) is 2. The minimum atomic E-state index is -0.765. The number of allylic oxidation sites excluding steroid dienone is 4. The monoisotopic (exact) mass is 622 g/mol. The first-order chi connectivity index (χ1) is 22.3. The molecule has 0 unspecified atom stereocenters. The smallest absolute Gasteiger partial charge is 0.343 e. The van der Waals surface area contributed by atoms with E-state index < -0.39 is 23.6 Å². The van der Waals surface area contributed by atoms with Crippen molar-refractivity contribution in [1.29, 1.82) is 10.5 Å². The molecule has 0 spiro atoms. The Balaban J connectivity index is 1.25. The van der Waals surface area contributed by atoms with E-state index in [0.29, 0.717) is 11.1 Å². The van der Waals surface area contributed by atoms with Crippen LogP contribution >= 0.6 is 0 Å². The maximum absolute atomic E-state index is 13.9. The lowest BCUT2D eigenvalue weighted by Gasteiger charge is -2.07. The molecule has 0 aromatic heterocycles. The Morgan fingerprint density at radius 1 is 0.783 bits per heavy atom. The van der Waals surface area contributed by atoms with Crippen LogP contribution in [0.2, 0.25) is 0 Å². The fourth-order valence-electron chi connectivity index (χ4n) is 4.65. The predicted octanol–water partition coefficient (Wildman–Crippen LogP) is 9.08. The number of halogens is 2. The van der Waals surface area contributed by atoms with Gasteiger partial charge in [-0.15, -0.1) is 0 Å². The molecule has 6 nitrogen and oxygen atoms in total. The van der Waals surface area contributed by atoms with Crippen molar-refractivity contribution in [3.63, 3.8) is 0 Å². The van der Waals surface area contributed by atoms with E-state index in [1.54, 1.807) is 36.4 Å². The molecule has 0 aliphatic rings. The van der Waals surface area contributed by atoms with Crippen LogP contribution in [0, 0.1) is 28.5 Å². The SMILES string of the molecule is C=C/C=C(C#N)\C(F)=C/COC(=O)c1ccc(CCCCCCCCCc2ccc(C(=O)Oc3ccc(C#N)c(F)c3)cc2)cc1. The highest BCUT2D eigenvalue weighted by Crippen LogP contribution is 2.19. The molecular weight excluding hydrogens is 586 g/mol. The summed E-state index contributed by atoms with van der Waals surface area (Å²) in [6.07, 6.45) is 13.3. The summed E-state index contributed by atoms with van der Waals surface area (Å²) in [4.78, 5) is 24.6. The van der Waals surface area contributed by atoms with Crippen molar-refractivity contribution in [3.05, 3.63) is 137 Å². The summed E-state index contributed by atoms with van der Waals surface area (Å²) in [5, 5.41) is 17.7. The van der Waals surface area contributed by atoms with Crippen LogP contribution in [-0.2, 0) is 17.6 Å². The average Bonchev–Trinajstić information content (AvgIpc) is 3.06. The molecule has 0 amide bonds. The molecule has 3 rings (SSSR count). The van der Waals surface area contributed by atoms with E-state index in [-0.39, 0.29) is 23.5 Å². The van der Waals surface area contributed by atoms with Crippen molar-refractivity contribution >= 4 is 11.9 Å². The molecule has 0 fully saturated rings. The van der Waals surface area contributed by atoms with E-state index in [4.69, 9.17) is 20.0 Å². The van der Waals surface area contributed by atoms with E-state index in [0.717, 1.165) is 74.6 Å². The lowest BCUT2D eigenvalue weighted by molar-refractivity contribution is 0.0548. The van der Waals surface area contributed by atoms with E-state index in [2.05, 4.69) is 6.58 Å². The summed E-state index contributed by atoms with van der Waals surface area (Å²) >= 11 is 0. The minimum Gasteiger partial charge on any atom is -0.458 e. The average molecular weight is 623 g/mol. The molecule has 3 aromatic rings. The van der Waals surface area contributed by atoms with Crippen LogP contribution in [0.1, 0.15) is 82.4 Å². The highest BCUT2D eigenvalue weighted by atomic mass is 19.1. The number of hydrogen-bond donors (Lipinski definition) is 0. The number of rotatable bonds is 17. The van der Waals surface area contributed by atoms with Gasteiger partial charge in [0.1, 0.15) is 36.1 Å². The van der Waals surface area contributed by atoms with Crippen molar-refractivity contribution in [2.45, 2.75) is 57.8 Å². The van der Waals surface area contributed by atoms with Crippen molar-refractivity contribution in [1.82, 2.24) is 0 Å². The molecule has 0 bridgehead atoms. The van der Waals surface area contributed by atoms with Crippen molar-refractivity contribution in [3.8, 4) is 17.9 Å². The number of ether oxygens (including phenoxy) is 2. The van der Waals surface area contributed by atoms with Crippen molar-refractivity contribution in [2.24, 2.45) is 0 Å². The molecule has 0 saturated heterocycles. The van der Waals surface area contributed by atoms with Gasteiger partial charge in [-0.25, -0.2) is 18.4 Å². The Labute approximate surface area is 268 Å². The van der Waals surface area contributed by atoms with E-state index in [1.807, 2.05) is 24.3 Å². The molecule has 0 N–H and O–H groups in total. The van der Waals surface area contributed by atoms with Gasteiger partial charge < -0.3 is 9.47 Å². The normalized spacial score (nSPS) is 11.3. The fraction of sp³-hybridized carbons (Fsp3) is 0.263. The molecular formula is C38H36F2N2O4. The Morgan fingerprint density at radius 2 is 1.33 bits per heavy atom. The summed E-state index contributed by atoms with van der Waals surface area (Å²) in [7, 11) is 0. The third kappa shape index (κ3) is 11.6. The summed E-state index contributed by atoms with van der Waals surface area (Å²) < 4.78 is 37.9. The predicted molar refractivity (Wildman–Crippen MR) is 172 cm³/mol. The molecule has 0 saturated carbocycles. The van der Waals surface area contributed by atoms with Gasteiger partial charge in [-0.05, 0) is 85.4 Å². The van der Waals surface area contributed by atoms with Gasteiger partial charge in [0.2, 0.25) is 0 Å². The standard InChI is InChI=1S/C38H36F2N2O4/c1-2-10-32(26-41)35(39)23-24-45-37(43)30-17-13-28(14-18-30)11-8-6-4-3-5-7-9-12-29-15-19-31(20-16-29)38(44)46-34-22-21-33(27-42)36(40)25-34/h2,10,13-23,25H,1,3-9,11-12,24H2/b32-10-,35-23+. The first-order valence-corrected chi connectivity index (χ1v) is 15.2. The molecule has 0 aliphatic carbocycles. The Kier molecular flexibility index (Phi) is 14.6. The summed E-state index contributed by atoms with van der Waals surface area (Å²) in [6, 6.07) is 21.6. The zero-order valence-electron chi connectivity index (χ0n) is 25.6. The van der Waals surface area contributed by atoms with Gasteiger partial charge in [0.25, 0.3) is 0 Å². The van der Waals surface area contributed by atoms with E-state index in [9.17, 15) is 18.4 Å². The summed E-state index contributed by atoms with van der Waals surface area (Å²) in [6.45, 7) is 3.15. The largest absolute Gasteiger partial charge is 0.458 e.